The number of sulfone groups is 2. The molecule has 2 atom stereocenters. The molecule has 0 aliphatic carbocycles. The second-order valence-electron chi connectivity index (χ2n) is 8.41. The lowest BCUT2D eigenvalue weighted by atomic mass is 9.99. The van der Waals surface area contributed by atoms with Gasteiger partial charge in [0, 0.05) is 25.3 Å². The third kappa shape index (κ3) is 7.37. The summed E-state index contributed by atoms with van der Waals surface area (Å²) in [5.41, 5.74) is 0. The number of ether oxygens (including phenoxy) is 1. The first-order valence-electron chi connectivity index (χ1n) is 9.82. The fourth-order valence-electron chi connectivity index (χ4n) is 3.31. The molecule has 0 spiro atoms. The first-order valence-corrected chi connectivity index (χ1v) is 13.5. The zero-order valence-corrected chi connectivity index (χ0v) is 18.9. The molecule has 1 aromatic rings. The predicted molar refractivity (Wildman–Crippen MR) is 112 cm³/mol. The highest BCUT2D eigenvalue weighted by Gasteiger charge is 2.29. The predicted octanol–water partition coefficient (Wildman–Crippen LogP) is 2.50. The van der Waals surface area contributed by atoms with E-state index in [1.807, 2.05) is 0 Å². The lowest BCUT2D eigenvalue weighted by Gasteiger charge is -2.17. The van der Waals surface area contributed by atoms with Gasteiger partial charge in [-0.05, 0) is 49.1 Å². The van der Waals surface area contributed by atoms with E-state index in [2.05, 4.69) is 25.7 Å². The topological polar surface area (TPSA) is 80.8 Å². The van der Waals surface area contributed by atoms with Gasteiger partial charge in [-0.2, -0.15) is 0 Å². The van der Waals surface area contributed by atoms with Crippen LogP contribution in [-0.4, -0.2) is 65.7 Å². The Morgan fingerprint density at radius 3 is 2.29 bits per heavy atom. The maximum absolute atomic E-state index is 12.2. The molecule has 0 bridgehead atoms. The minimum Gasteiger partial charge on any atom is -0.493 e. The molecule has 0 aromatic heterocycles. The monoisotopic (exact) mass is 431 g/mol. The average molecular weight is 432 g/mol. The third-order valence-electron chi connectivity index (χ3n) is 5.24. The Hall–Kier alpha value is -1.12. The van der Waals surface area contributed by atoms with Crippen molar-refractivity contribution in [1.82, 2.24) is 4.90 Å². The fourth-order valence-corrected chi connectivity index (χ4v) is 6.18. The molecular formula is C20H33NO5S2. The highest BCUT2D eigenvalue weighted by atomic mass is 32.2. The molecule has 0 saturated carbocycles. The average Bonchev–Trinajstić information content (AvgIpc) is 2.96. The van der Waals surface area contributed by atoms with Crippen LogP contribution in [-0.2, 0) is 19.7 Å². The lowest BCUT2D eigenvalue weighted by molar-refractivity contribution is 0.223. The summed E-state index contributed by atoms with van der Waals surface area (Å²) in [5, 5.41) is 0. The van der Waals surface area contributed by atoms with Crippen LogP contribution in [0.3, 0.4) is 0 Å². The van der Waals surface area contributed by atoms with Crippen molar-refractivity contribution in [2.24, 2.45) is 17.8 Å². The van der Waals surface area contributed by atoms with Gasteiger partial charge in [0.25, 0.3) is 0 Å². The molecule has 2 unspecified atom stereocenters. The second kappa shape index (κ2) is 9.59. The molecule has 2 rings (SSSR count). The molecule has 28 heavy (non-hydrogen) atoms. The normalized spacial score (nSPS) is 21.3. The Labute approximate surface area is 170 Å². The number of hydrogen-bond donors (Lipinski definition) is 0. The minimum atomic E-state index is -3.61. The number of benzene rings is 1. The van der Waals surface area contributed by atoms with E-state index in [1.54, 1.807) is 12.1 Å². The first-order chi connectivity index (χ1) is 13.0. The molecule has 1 aliphatic rings. The second-order valence-corrected chi connectivity index (χ2v) is 12.8. The third-order valence-corrected chi connectivity index (χ3v) is 8.17. The van der Waals surface area contributed by atoms with Crippen molar-refractivity contribution in [3.8, 4) is 5.75 Å². The maximum atomic E-state index is 12.2. The molecule has 1 saturated heterocycles. The Bertz CT molecular complexity index is 832. The number of likely N-dealkylation sites (tertiary alicyclic amines) is 1. The zero-order valence-electron chi connectivity index (χ0n) is 17.3. The van der Waals surface area contributed by atoms with E-state index < -0.39 is 25.4 Å². The Morgan fingerprint density at radius 1 is 1.07 bits per heavy atom. The van der Waals surface area contributed by atoms with Crippen LogP contribution in [0.2, 0.25) is 0 Å². The summed E-state index contributed by atoms with van der Waals surface area (Å²) >= 11 is 0. The fraction of sp³-hybridized carbons (Fsp3) is 0.700. The molecule has 0 amide bonds. The van der Waals surface area contributed by atoms with Gasteiger partial charge in [-0.25, -0.2) is 16.8 Å². The molecule has 1 aromatic carbocycles. The van der Waals surface area contributed by atoms with Crippen LogP contribution in [0, 0.1) is 17.8 Å². The summed E-state index contributed by atoms with van der Waals surface area (Å²) in [5.74, 6) is 1.60. The van der Waals surface area contributed by atoms with Gasteiger partial charge in [0.15, 0.2) is 9.84 Å². The van der Waals surface area contributed by atoms with Crippen molar-refractivity contribution in [3.63, 3.8) is 0 Å². The van der Waals surface area contributed by atoms with Crippen LogP contribution in [0.5, 0.6) is 5.75 Å². The van der Waals surface area contributed by atoms with Gasteiger partial charge in [0.1, 0.15) is 15.6 Å². The van der Waals surface area contributed by atoms with E-state index >= 15 is 0 Å². The van der Waals surface area contributed by atoms with Crippen molar-refractivity contribution < 1.29 is 21.6 Å². The van der Waals surface area contributed by atoms with Crippen LogP contribution in [0.25, 0.3) is 0 Å². The quantitative estimate of drug-likeness (QED) is 0.566. The largest absolute Gasteiger partial charge is 0.493 e. The molecule has 0 radical (unpaired) electrons. The summed E-state index contributed by atoms with van der Waals surface area (Å²) in [6.07, 6.45) is 2.24. The van der Waals surface area contributed by atoms with Gasteiger partial charge >= 0.3 is 0 Å². The summed E-state index contributed by atoms with van der Waals surface area (Å²) in [7, 11) is -6.93. The standard InChI is InChI=1S/C20H33NO5S2/c1-16(2)9-10-21-13-17(3)18(14-21)15-26-19-5-7-20(8-6-19)28(24,25)12-11-27(4,22)23/h5-8,16-18H,9-15H2,1-4H3. The molecule has 1 aliphatic heterocycles. The zero-order chi connectivity index (χ0) is 20.9. The Balaban J connectivity index is 1.87. The highest BCUT2D eigenvalue weighted by Crippen LogP contribution is 2.25. The Morgan fingerprint density at radius 2 is 1.71 bits per heavy atom. The van der Waals surface area contributed by atoms with E-state index in [-0.39, 0.29) is 10.6 Å². The molecule has 6 nitrogen and oxygen atoms in total. The van der Waals surface area contributed by atoms with Gasteiger partial charge in [0.05, 0.1) is 23.0 Å². The molecule has 1 heterocycles. The van der Waals surface area contributed by atoms with Crippen molar-refractivity contribution in [2.45, 2.75) is 32.1 Å². The van der Waals surface area contributed by atoms with Gasteiger partial charge in [-0.3, -0.25) is 0 Å². The maximum Gasteiger partial charge on any atom is 0.179 e. The smallest absolute Gasteiger partial charge is 0.179 e. The van der Waals surface area contributed by atoms with E-state index in [9.17, 15) is 16.8 Å². The van der Waals surface area contributed by atoms with E-state index in [4.69, 9.17) is 4.74 Å². The summed E-state index contributed by atoms with van der Waals surface area (Å²) < 4.78 is 52.8. The van der Waals surface area contributed by atoms with E-state index in [1.165, 1.54) is 18.6 Å². The number of rotatable bonds is 10. The molecular weight excluding hydrogens is 398 g/mol. The van der Waals surface area contributed by atoms with Crippen LogP contribution in [0.1, 0.15) is 27.2 Å². The van der Waals surface area contributed by atoms with Crippen LogP contribution >= 0.6 is 0 Å². The van der Waals surface area contributed by atoms with Crippen LogP contribution in [0.15, 0.2) is 29.2 Å². The SMILES string of the molecule is CC(C)CCN1CC(C)C(COc2ccc(S(=O)(=O)CCS(C)(=O)=O)cc2)C1. The van der Waals surface area contributed by atoms with Crippen molar-refractivity contribution in [1.29, 1.82) is 0 Å². The van der Waals surface area contributed by atoms with E-state index in [0.29, 0.717) is 30.1 Å². The van der Waals surface area contributed by atoms with Gasteiger partial charge in [0.2, 0.25) is 0 Å². The molecule has 160 valence electrons. The van der Waals surface area contributed by atoms with Crippen molar-refractivity contribution in [3.05, 3.63) is 24.3 Å². The highest BCUT2D eigenvalue weighted by molar-refractivity contribution is 7.94. The first kappa shape index (κ1) is 23.2. The van der Waals surface area contributed by atoms with Gasteiger partial charge in [-0.1, -0.05) is 20.8 Å². The van der Waals surface area contributed by atoms with Gasteiger partial charge < -0.3 is 9.64 Å². The summed E-state index contributed by atoms with van der Waals surface area (Å²) in [6.45, 7) is 10.6. The molecule has 0 N–H and O–H groups in total. The summed E-state index contributed by atoms with van der Waals surface area (Å²) in [4.78, 5) is 2.62. The van der Waals surface area contributed by atoms with Crippen molar-refractivity contribution >= 4 is 19.7 Å². The van der Waals surface area contributed by atoms with Crippen LogP contribution < -0.4 is 4.74 Å². The van der Waals surface area contributed by atoms with Gasteiger partial charge in [-0.15, -0.1) is 0 Å². The minimum absolute atomic E-state index is 0.123. The summed E-state index contributed by atoms with van der Waals surface area (Å²) in [6, 6.07) is 6.26. The van der Waals surface area contributed by atoms with Crippen LogP contribution in [0.4, 0.5) is 0 Å². The van der Waals surface area contributed by atoms with Crippen molar-refractivity contribution in [2.75, 3.05) is 44.0 Å². The molecule has 1 fully saturated rings. The molecule has 8 heteroatoms. The number of hydrogen-bond acceptors (Lipinski definition) is 6. The van der Waals surface area contributed by atoms with E-state index in [0.717, 1.165) is 25.9 Å². The lowest BCUT2D eigenvalue weighted by Crippen LogP contribution is -2.24. The number of nitrogens with zero attached hydrogens (tertiary/aromatic N) is 1. The Kier molecular flexibility index (Phi) is 7.93.